The normalized spacial score (nSPS) is 25.3. The van der Waals surface area contributed by atoms with Gasteiger partial charge in [0, 0.05) is 41.7 Å². The van der Waals surface area contributed by atoms with Gasteiger partial charge in [-0.1, -0.05) is 0 Å². The third-order valence-corrected chi connectivity index (χ3v) is 4.82. The first-order valence-corrected chi connectivity index (χ1v) is 10.5. The van der Waals surface area contributed by atoms with Crippen LogP contribution in [0, 0.1) is 0 Å². The fourth-order valence-electron chi connectivity index (χ4n) is 3.61. The molecule has 0 spiro atoms. The first kappa shape index (κ1) is 29.8. The van der Waals surface area contributed by atoms with Gasteiger partial charge in [0.05, 0.1) is 19.6 Å². The molecule has 1 unspecified atom stereocenters. The Morgan fingerprint density at radius 2 is 1.51 bits per heavy atom. The van der Waals surface area contributed by atoms with Crippen molar-refractivity contribution in [3.63, 3.8) is 0 Å². The highest BCUT2D eigenvalue weighted by Crippen LogP contribution is 2.36. The number of carbonyl (C=O) groups excluding carboxylic acids is 6. The van der Waals surface area contributed by atoms with E-state index >= 15 is 0 Å². The summed E-state index contributed by atoms with van der Waals surface area (Å²) < 4.78 is 36.9. The van der Waals surface area contributed by atoms with Crippen LogP contribution in [0.4, 0.5) is 0 Å². The lowest BCUT2D eigenvalue weighted by molar-refractivity contribution is -0.307. The van der Waals surface area contributed by atoms with Crippen molar-refractivity contribution in [1.82, 2.24) is 5.32 Å². The zero-order valence-corrected chi connectivity index (χ0v) is 20.6. The minimum atomic E-state index is -2.17. The minimum absolute atomic E-state index is 0.411. The molecular formula is C21H31NO13. The molecule has 14 heteroatoms. The molecule has 1 amide bonds. The van der Waals surface area contributed by atoms with Gasteiger partial charge in [0.1, 0.15) is 18.8 Å². The zero-order chi connectivity index (χ0) is 26.9. The fraction of sp³-hybridized carbons (Fsp3) is 0.714. The molecule has 0 aliphatic carbocycles. The van der Waals surface area contributed by atoms with E-state index < -0.39 is 85.0 Å². The lowest BCUT2D eigenvalue weighted by Crippen LogP contribution is -2.69. The van der Waals surface area contributed by atoms with Crippen molar-refractivity contribution in [2.75, 3.05) is 20.8 Å². The summed E-state index contributed by atoms with van der Waals surface area (Å²) in [6.45, 7) is 4.92. The molecule has 198 valence electrons. The van der Waals surface area contributed by atoms with Crippen molar-refractivity contribution in [2.45, 2.75) is 77.3 Å². The maximum absolute atomic E-state index is 12.7. The van der Waals surface area contributed by atoms with Crippen LogP contribution >= 0.6 is 0 Å². The highest BCUT2D eigenvalue weighted by atomic mass is 16.7. The van der Waals surface area contributed by atoms with Gasteiger partial charge >= 0.3 is 29.8 Å². The number of amides is 1. The number of esters is 5. The Bertz CT molecular complexity index is 828. The Hall–Kier alpha value is -3.26. The van der Waals surface area contributed by atoms with Crippen LogP contribution in [0.15, 0.2) is 0 Å². The molecule has 1 heterocycles. The molecule has 1 N–H and O–H groups in total. The summed E-state index contributed by atoms with van der Waals surface area (Å²) in [5.41, 5.74) is 0. The van der Waals surface area contributed by atoms with E-state index in [1.165, 1.54) is 6.92 Å². The number of carbonyl (C=O) groups is 6. The average Bonchev–Trinajstić information content (AvgIpc) is 2.74. The number of rotatable bonds is 10. The number of nitrogens with one attached hydrogen (secondary N) is 1. The van der Waals surface area contributed by atoms with E-state index in [1.807, 2.05) is 0 Å². The van der Waals surface area contributed by atoms with E-state index in [0.717, 1.165) is 41.9 Å². The summed E-state index contributed by atoms with van der Waals surface area (Å²) in [7, 11) is 2.19. The fourth-order valence-corrected chi connectivity index (χ4v) is 3.61. The van der Waals surface area contributed by atoms with Gasteiger partial charge in [-0.3, -0.25) is 24.0 Å². The van der Waals surface area contributed by atoms with Crippen molar-refractivity contribution in [3.8, 4) is 0 Å². The molecule has 1 saturated heterocycles. The molecule has 0 aromatic heterocycles. The molecule has 0 saturated carbocycles. The van der Waals surface area contributed by atoms with Gasteiger partial charge in [0.15, 0.2) is 12.2 Å². The Morgan fingerprint density at radius 1 is 0.914 bits per heavy atom. The summed E-state index contributed by atoms with van der Waals surface area (Å²) in [5.74, 6) is -6.96. The molecule has 0 aromatic rings. The van der Waals surface area contributed by atoms with Gasteiger partial charge in [0.25, 0.3) is 5.79 Å². The average molecular weight is 505 g/mol. The van der Waals surface area contributed by atoms with Gasteiger partial charge < -0.3 is 38.5 Å². The maximum Gasteiger partial charge on any atom is 0.366 e. The third-order valence-electron chi connectivity index (χ3n) is 4.82. The molecule has 0 radical (unpaired) electrons. The molecule has 14 nitrogen and oxygen atoms in total. The monoisotopic (exact) mass is 505 g/mol. The lowest BCUT2D eigenvalue weighted by atomic mass is 9.88. The minimum Gasteiger partial charge on any atom is -0.465 e. The van der Waals surface area contributed by atoms with Gasteiger partial charge in [-0.25, -0.2) is 4.79 Å². The van der Waals surface area contributed by atoms with E-state index in [4.69, 9.17) is 33.2 Å². The Morgan fingerprint density at radius 3 is 1.94 bits per heavy atom. The largest absolute Gasteiger partial charge is 0.465 e. The van der Waals surface area contributed by atoms with Gasteiger partial charge in [-0.05, 0) is 0 Å². The van der Waals surface area contributed by atoms with E-state index in [9.17, 15) is 28.8 Å². The lowest BCUT2D eigenvalue weighted by Gasteiger charge is -2.48. The van der Waals surface area contributed by atoms with Crippen LogP contribution in [0.25, 0.3) is 0 Å². The van der Waals surface area contributed by atoms with Gasteiger partial charge in [0.2, 0.25) is 5.91 Å². The predicted octanol–water partition coefficient (Wildman–Crippen LogP) is -0.846. The number of hydrogen-bond donors (Lipinski definition) is 1. The second-order valence-corrected chi connectivity index (χ2v) is 7.63. The quantitative estimate of drug-likeness (QED) is 0.287. The second-order valence-electron chi connectivity index (χ2n) is 7.63. The van der Waals surface area contributed by atoms with Crippen molar-refractivity contribution < 1.29 is 61.9 Å². The van der Waals surface area contributed by atoms with E-state index in [1.54, 1.807) is 0 Å². The standard InChI is InChI=1S/C21H31NO13/c1-10(23)22-17-15(32-12(3)25)8-21(30-7,20(28)29-6)35-19(17)18(34-14(5)27)16(33-13(4)26)9-31-11(2)24/h15-19H,8-9H2,1-7H3,(H,22,23)/t15-,16+,17-,18-,19?,21+/m1/s1. The summed E-state index contributed by atoms with van der Waals surface area (Å²) in [6.07, 6.45) is -6.22. The maximum atomic E-state index is 12.7. The van der Waals surface area contributed by atoms with Crippen LogP contribution in [0.5, 0.6) is 0 Å². The van der Waals surface area contributed by atoms with Crippen LogP contribution in [0.3, 0.4) is 0 Å². The van der Waals surface area contributed by atoms with Crippen molar-refractivity contribution in [2.24, 2.45) is 0 Å². The van der Waals surface area contributed by atoms with Crippen LogP contribution in [-0.4, -0.2) is 92.8 Å². The molecule has 1 aliphatic rings. The first-order valence-electron chi connectivity index (χ1n) is 10.5. The molecule has 1 aliphatic heterocycles. The highest BCUT2D eigenvalue weighted by Gasteiger charge is 2.58. The van der Waals surface area contributed by atoms with Gasteiger partial charge in [-0.2, -0.15) is 0 Å². The highest BCUT2D eigenvalue weighted by molar-refractivity contribution is 5.79. The van der Waals surface area contributed by atoms with E-state index in [0.29, 0.717) is 0 Å². The van der Waals surface area contributed by atoms with Crippen LogP contribution < -0.4 is 5.32 Å². The first-order chi connectivity index (χ1) is 16.3. The van der Waals surface area contributed by atoms with Crippen molar-refractivity contribution in [1.29, 1.82) is 0 Å². The zero-order valence-electron chi connectivity index (χ0n) is 20.6. The number of hydrogen-bond acceptors (Lipinski definition) is 13. The van der Waals surface area contributed by atoms with E-state index in [2.05, 4.69) is 5.32 Å². The summed E-state index contributed by atoms with van der Waals surface area (Å²) in [4.78, 5) is 71.8. The summed E-state index contributed by atoms with van der Waals surface area (Å²) >= 11 is 0. The Kier molecular flexibility index (Phi) is 11.1. The molecule has 0 bridgehead atoms. The molecular weight excluding hydrogens is 474 g/mol. The Labute approximate surface area is 201 Å². The van der Waals surface area contributed by atoms with Crippen molar-refractivity contribution >= 4 is 35.8 Å². The molecule has 35 heavy (non-hydrogen) atoms. The van der Waals surface area contributed by atoms with Crippen LogP contribution in [0.1, 0.15) is 41.0 Å². The molecule has 1 rings (SSSR count). The predicted molar refractivity (Wildman–Crippen MR) is 112 cm³/mol. The smallest absolute Gasteiger partial charge is 0.366 e. The second kappa shape index (κ2) is 13.0. The number of ether oxygens (including phenoxy) is 7. The molecule has 1 fully saturated rings. The molecule has 6 atom stereocenters. The topological polar surface area (TPSA) is 179 Å². The van der Waals surface area contributed by atoms with E-state index in [-0.39, 0.29) is 0 Å². The van der Waals surface area contributed by atoms with Gasteiger partial charge in [-0.15, -0.1) is 0 Å². The number of methoxy groups -OCH3 is 2. The van der Waals surface area contributed by atoms with Crippen LogP contribution in [-0.2, 0) is 61.9 Å². The third kappa shape index (κ3) is 8.47. The SMILES string of the molecule is COC(=O)[C@]1(OC)C[C@@H](OC(C)=O)[C@@H](NC(C)=O)C([C@H](OC(C)=O)[C@H](COC(C)=O)OC(C)=O)O1. The Balaban J connectivity index is 3.72. The van der Waals surface area contributed by atoms with Crippen LogP contribution in [0.2, 0.25) is 0 Å². The summed E-state index contributed by atoms with van der Waals surface area (Å²) in [6, 6.07) is -1.23. The van der Waals surface area contributed by atoms with Crippen molar-refractivity contribution in [3.05, 3.63) is 0 Å². The summed E-state index contributed by atoms with van der Waals surface area (Å²) in [5, 5.41) is 2.54. The molecule has 0 aromatic carbocycles.